The van der Waals surface area contributed by atoms with Gasteiger partial charge in [0.05, 0.1) is 13.1 Å². The van der Waals surface area contributed by atoms with E-state index < -0.39 is 0 Å². The predicted octanol–water partition coefficient (Wildman–Crippen LogP) is 3.36. The summed E-state index contributed by atoms with van der Waals surface area (Å²) in [5.74, 6) is 0.386. The van der Waals surface area contributed by atoms with Crippen molar-refractivity contribution in [3.63, 3.8) is 0 Å². The number of likely N-dealkylation sites (N-methyl/N-ethyl adjacent to an activating group) is 2. The molecule has 0 unspecified atom stereocenters. The summed E-state index contributed by atoms with van der Waals surface area (Å²) in [5, 5.41) is 3.56. The minimum atomic E-state index is -0.216. The molecule has 0 atom stereocenters. The zero-order valence-electron chi connectivity index (χ0n) is 17.4. The summed E-state index contributed by atoms with van der Waals surface area (Å²) >= 11 is 5.85. The molecule has 0 aliphatic carbocycles. The first-order chi connectivity index (χ1) is 13.8. The molecular formula is C22H28ClN3O3. The van der Waals surface area contributed by atoms with Crippen LogP contribution in [0.1, 0.15) is 11.1 Å². The lowest BCUT2D eigenvalue weighted by Crippen LogP contribution is -2.41. The summed E-state index contributed by atoms with van der Waals surface area (Å²) in [7, 11) is 3.47. The van der Waals surface area contributed by atoms with Gasteiger partial charge in [-0.15, -0.1) is 0 Å². The van der Waals surface area contributed by atoms with Gasteiger partial charge in [0, 0.05) is 24.3 Å². The summed E-state index contributed by atoms with van der Waals surface area (Å²) in [6, 6.07) is 13.0. The van der Waals surface area contributed by atoms with Crippen molar-refractivity contribution in [2.24, 2.45) is 0 Å². The second-order valence-corrected chi connectivity index (χ2v) is 7.54. The standard InChI is InChI=1S/C22H28ClN3O3/c1-16-6-5-7-17(2)22(16)24-20(27)14-26(4)21(28)15-25(3)12-13-29-19-10-8-18(23)9-11-19/h5-11H,12-15H2,1-4H3,(H,24,27). The maximum Gasteiger partial charge on any atom is 0.243 e. The first-order valence-electron chi connectivity index (χ1n) is 9.43. The number of benzene rings is 2. The fraction of sp³-hybridized carbons (Fsp3) is 0.364. The third kappa shape index (κ3) is 7.40. The van der Waals surface area contributed by atoms with E-state index in [9.17, 15) is 9.59 Å². The van der Waals surface area contributed by atoms with Crippen LogP contribution in [0.25, 0.3) is 0 Å². The smallest absolute Gasteiger partial charge is 0.243 e. The number of nitrogens with zero attached hydrogens (tertiary/aromatic N) is 2. The van der Waals surface area contributed by atoms with E-state index in [2.05, 4.69) is 5.32 Å². The van der Waals surface area contributed by atoms with Crippen LogP contribution in [0.2, 0.25) is 5.02 Å². The molecule has 156 valence electrons. The Hall–Kier alpha value is -2.57. The largest absolute Gasteiger partial charge is 0.492 e. The van der Waals surface area contributed by atoms with E-state index in [-0.39, 0.29) is 24.9 Å². The quantitative estimate of drug-likeness (QED) is 0.679. The molecule has 2 aromatic carbocycles. The molecule has 0 saturated carbocycles. The number of hydrogen-bond donors (Lipinski definition) is 1. The molecule has 29 heavy (non-hydrogen) atoms. The van der Waals surface area contributed by atoms with Gasteiger partial charge in [-0.25, -0.2) is 0 Å². The number of carbonyl (C=O) groups excluding carboxylic acids is 2. The summed E-state index contributed by atoms with van der Waals surface area (Å²) in [4.78, 5) is 28.0. The fourth-order valence-electron chi connectivity index (χ4n) is 2.77. The number of rotatable bonds is 9. The maximum absolute atomic E-state index is 12.4. The summed E-state index contributed by atoms with van der Waals surface area (Å²) in [6.45, 7) is 5.12. The molecule has 2 amide bonds. The van der Waals surface area contributed by atoms with Gasteiger partial charge in [-0.1, -0.05) is 29.8 Å². The number of halogens is 1. The van der Waals surface area contributed by atoms with Gasteiger partial charge in [-0.05, 0) is 56.3 Å². The zero-order valence-corrected chi connectivity index (χ0v) is 18.1. The molecule has 0 aliphatic rings. The van der Waals surface area contributed by atoms with Gasteiger partial charge in [0.25, 0.3) is 0 Å². The number of para-hydroxylation sites is 1. The van der Waals surface area contributed by atoms with Crippen molar-refractivity contribution in [2.75, 3.05) is 45.7 Å². The van der Waals surface area contributed by atoms with E-state index >= 15 is 0 Å². The van der Waals surface area contributed by atoms with Gasteiger partial charge in [0.1, 0.15) is 12.4 Å². The lowest BCUT2D eigenvalue weighted by atomic mass is 10.1. The van der Waals surface area contributed by atoms with Gasteiger partial charge in [-0.2, -0.15) is 0 Å². The minimum absolute atomic E-state index is 0.00171. The van der Waals surface area contributed by atoms with Crippen molar-refractivity contribution in [1.29, 1.82) is 0 Å². The van der Waals surface area contributed by atoms with Crippen LogP contribution in [-0.2, 0) is 9.59 Å². The predicted molar refractivity (Wildman–Crippen MR) is 117 cm³/mol. The van der Waals surface area contributed by atoms with Gasteiger partial charge in [-0.3, -0.25) is 14.5 Å². The molecule has 6 nitrogen and oxygen atoms in total. The van der Waals surface area contributed by atoms with E-state index in [1.807, 2.05) is 44.0 Å². The number of hydrogen-bond acceptors (Lipinski definition) is 4. The SMILES string of the molecule is Cc1cccc(C)c1NC(=O)CN(C)C(=O)CN(C)CCOc1ccc(Cl)cc1. The van der Waals surface area contributed by atoms with Crippen LogP contribution in [0.5, 0.6) is 5.75 Å². The van der Waals surface area contributed by atoms with Crippen LogP contribution in [0.3, 0.4) is 0 Å². The molecule has 0 saturated heterocycles. The number of ether oxygens (including phenoxy) is 1. The van der Waals surface area contributed by atoms with Crippen molar-refractivity contribution >= 4 is 29.1 Å². The van der Waals surface area contributed by atoms with Gasteiger partial charge >= 0.3 is 0 Å². The highest BCUT2D eigenvalue weighted by molar-refractivity contribution is 6.30. The molecule has 0 radical (unpaired) electrons. The van der Waals surface area contributed by atoms with Crippen LogP contribution in [0, 0.1) is 13.8 Å². The number of anilines is 1. The maximum atomic E-state index is 12.4. The first kappa shape index (κ1) is 22.7. The summed E-state index contributed by atoms with van der Waals surface area (Å²) in [6.07, 6.45) is 0. The minimum Gasteiger partial charge on any atom is -0.492 e. The Bertz CT molecular complexity index is 819. The molecule has 2 aromatic rings. The van der Waals surface area contributed by atoms with Crippen LogP contribution < -0.4 is 10.1 Å². The number of carbonyl (C=O) groups is 2. The summed E-state index contributed by atoms with van der Waals surface area (Å²) in [5.41, 5.74) is 2.79. The normalized spacial score (nSPS) is 10.7. The summed E-state index contributed by atoms with van der Waals surface area (Å²) < 4.78 is 5.64. The van der Waals surface area contributed by atoms with Gasteiger partial charge in [0.15, 0.2) is 0 Å². The third-order valence-electron chi connectivity index (χ3n) is 4.51. The van der Waals surface area contributed by atoms with Crippen LogP contribution in [0.4, 0.5) is 5.69 Å². The van der Waals surface area contributed by atoms with Crippen LogP contribution in [-0.4, -0.2) is 62.0 Å². The average molecular weight is 418 g/mol. The fourth-order valence-corrected chi connectivity index (χ4v) is 2.90. The highest BCUT2D eigenvalue weighted by Crippen LogP contribution is 2.19. The third-order valence-corrected chi connectivity index (χ3v) is 4.76. The Kier molecular flexibility index (Phi) is 8.49. The molecule has 0 fully saturated rings. The molecule has 0 spiro atoms. The van der Waals surface area contributed by atoms with Gasteiger partial charge in [0.2, 0.25) is 11.8 Å². The Morgan fingerprint density at radius 1 is 1.00 bits per heavy atom. The number of nitrogens with one attached hydrogen (secondary N) is 1. The number of amides is 2. The number of aryl methyl sites for hydroxylation is 2. The second kappa shape index (κ2) is 10.8. The Balaban J connectivity index is 1.74. The van der Waals surface area contributed by atoms with E-state index in [4.69, 9.17) is 16.3 Å². The average Bonchev–Trinajstić information content (AvgIpc) is 2.66. The van der Waals surface area contributed by atoms with E-state index in [1.54, 1.807) is 31.3 Å². The molecule has 2 rings (SSSR count). The van der Waals surface area contributed by atoms with E-state index in [0.717, 1.165) is 22.6 Å². The molecule has 0 heterocycles. The molecule has 0 aromatic heterocycles. The van der Waals surface area contributed by atoms with Crippen molar-refractivity contribution < 1.29 is 14.3 Å². The van der Waals surface area contributed by atoms with Crippen molar-refractivity contribution in [1.82, 2.24) is 9.80 Å². The highest BCUT2D eigenvalue weighted by atomic mass is 35.5. The monoisotopic (exact) mass is 417 g/mol. The topological polar surface area (TPSA) is 61.9 Å². The lowest BCUT2D eigenvalue weighted by Gasteiger charge is -2.22. The second-order valence-electron chi connectivity index (χ2n) is 7.10. The first-order valence-corrected chi connectivity index (χ1v) is 9.81. The van der Waals surface area contributed by atoms with Crippen LogP contribution in [0.15, 0.2) is 42.5 Å². The van der Waals surface area contributed by atoms with Crippen molar-refractivity contribution in [2.45, 2.75) is 13.8 Å². The molecule has 0 aliphatic heterocycles. The van der Waals surface area contributed by atoms with Crippen molar-refractivity contribution in [3.8, 4) is 5.75 Å². The molecule has 7 heteroatoms. The van der Waals surface area contributed by atoms with Gasteiger partial charge < -0.3 is 15.0 Å². The molecule has 1 N–H and O–H groups in total. The van der Waals surface area contributed by atoms with Crippen LogP contribution >= 0.6 is 11.6 Å². The van der Waals surface area contributed by atoms with E-state index in [0.29, 0.717) is 18.2 Å². The Morgan fingerprint density at radius 2 is 1.62 bits per heavy atom. The zero-order chi connectivity index (χ0) is 21.4. The Labute approximate surface area is 177 Å². The highest BCUT2D eigenvalue weighted by Gasteiger charge is 2.16. The molecular weight excluding hydrogens is 390 g/mol. The molecule has 0 bridgehead atoms. The van der Waals surface area contributed by atoms with E-state index in [1.165, 1.54) is 4.90 Å². The van der Waals surface area contributed by atoms with Crippen molar-refractivity contribution in [3.05, 3.63) is 58.6 Å². The lowest BCUT2D eigenvalue weighted by molar-refractivity contribution is -0.134. The Morgan fingerprint density at radius 3 is 2.24 bits per heavy atom.